The van der Waals surface area contributed by atoms with Crippen molar-refractivity contribution in [1.82, 2.24) is 0 Å². The molecule has 1 aliphatic rings. The van der Waals surface area contributed by atoms with E-state index in [1.54, 1.807) is 12.1 Å². The Kier molecular flexibility index (Phi) is 4.92. The molecule has 0 aliphatic heterocycles. The summed E-state index contributed by atoms with van der Waals surface area (Å²) in [4.78, 5) is 0. The third-order valence-corrected chi connectivity index (χ3v) is 5.07. The van der Waals surface area contributed by atoms with Crippen LogP contribution in [-0.2, 0) is 0 Å². The van der Waals surface area contributed by atoms with Gasteiger partial charge in [0.05, 0.1) is 5.69 Å². The fraction of sp³-hybridized carbons (Fsp3) is 0.667. The van der Waals surface area contributed by atoms with Gasteiger partial charge < -0.3 is 11.1 Å². The summed E-state index contributed by atoms with van der Waals surface area (Å²) in [6.45, 7) is 7.50. The van der Waals surface area contributed by atoms with Gasteiger partial charge in [0.1, 0.15) is 5.82 Å². The Labute approximate surface area is 128 Å². The predicted molar refractivity (Wildman–Crippen MR) is 87.8 cm³/mol. The van der Waals surface area contributed by atoms with E-state index in [0.29, 0.717) is 23.6 Å². The van der Waals surface area contributed by atoms with E-state index >= 15 is 0 Å². The van der Waals surface area contributed by atoms with Gasteiger partial charge in [0, 0.05) is 12.1 Å². The smallest absolute Gasteiger partial charge is 0.146 e. The lowest BCUT2D eigenvalue weighted by Crippen LogP contribution is -2.45. The van der Waals surface area contributed by atoms with Crippen LogP contribution >= 0.6 is 0 Å². The van der Waals surface area contributed by atoms with Crippen molar-refractivity contribution < 1.29 is 4.39 Å². The Morgan fingerprint density at radius 2 is 1.95 bits per heavy atom. The largest absolute Gasteiger partial charge is 0.376 e. The molecule has 1 fully saturated rings. The summed E-state index contributed by atoms with van der Waals surface area (Å²) in [5.41, 5.74) is 6.83. The quantitative estimate of drug-likeness (QED) is 0.801. The third kappa shape index (κ3) is 3.97. The first-order valence-corrected chi connectivity index (χ1v) is 8.09. The van der Waals surface area contributed by atoms with Crippen molar-refractivity contribution in [1.29, 1.82) is 0 Å². The zero-order valence-electron chi connectivity index (χ0n) is 13.6. The molecule has 3 N–H and O–H groups in total. The molecule has 3 heteroatoms. The van der Waals surface area contributed by atoms with Gasteiger partial charge in [-0.05, 0) is 49.1 Å². The predicted octanol–water partition coefficient (Wildman–Crippen LogP) is 4.56. The molecule has 2 unspecified atom stereocenters. The number of nitrogens with one attached hydrogen (secondary N) is 1. The molecule has 2 atom stereocenters. The SMILES string of the molecule is CC(C)(C)C1CCCC(CN)(Nc2ccccc2F)CC1. The Morgan fingerprint density at radius 3 is 2.57 bits per heavy atom. The maximum atomic E-state index is 13.9. The number of rotatable bonds is 3. The normalized spacial score (nSPS) is 27.2. The minimum atomic E-state index is -0.193. The van der Waals surface area contributed by atoms with E-state index in [1.165, 1.54) is 12.5 Å². The summed E-state index contributed by atoms with van der Waals surface area (Å²) in [7, 11) is 0. The van der Waals surface area contributed by atoms with Gasteiger partial charge in [0.2, 0.25) is 0 Å². The van der Waals surface area contributed by atoms with Crippen molar-refractivity contribution >= 4 is 5.69 Å². The van der Waals surface area contributed by atoms with Gasteiger partial charge >= 0.3 is 0 Å². The molecule has 0 heterocycles. The molecule has 1 aliphatic carbocycles. The topological polar surface area (TPSA) is 38.0 Å². The highest BCUT2D eigenvalue weighted by Crippen LogP contribution is 2.40. The minimum absolute atomic E-state index is 0.164. The summed E-state index contributed by atoms with van der Waals surface area (Å²) in [6, 6.07) is 6.89. The van der Waals surface area contributed by atoms with Gasteiger partial charge in [-0.25, -0.2) is 4.39 Å². The van der Waals surface area contributed by atoms with Gasteiger partial charge in [-0.3, -0.25) is 0 Å². The molecule has 0 radical (unpaired) electrons. The molecular weight excluding hydrogens is 263 g/mol. The number of halogens is 1. The Bertz CT molecular complexity index is 467. The number of anilines is 1. The summed E-state index contributed by atoms with van der Waals surface area (Å²) in [5, 5.41) is 3.42. The van der Waals surface area contributed by atoms with E-state index in [0.717, 1.165) is 25.7 Å². The summed E-state index contributed by atoms with van der Waals surface area (Å²) in [5.74, 6) is 0.523. The molecule has 2 nitrogen and oxygen atoms in total. The van der Waals surface area contributed by atoms with Crippen molar-refractivity contribution in [2.45, 2.75) is 58.4 Å². The van der Waals surface area contributed by atoms with E-state index in [-0.39, 0.29) is 11.4 Å². The molecule has 0 amide bonds. The monoisotopic (exact) mass is 292 g/mol. The summed E-state index contributed by atoms with van der Waals surface area (Å²) in [6.07, 6.45) is 5.58. The van der Waals surface area contributed by atoms with E-state index in [9.17, 15) is 4.39 Å². The van der Waals surface area contributed by atoms with E-state index in [2.05, 4.69) is 26.1 Å². The van der Waals surface area contributed by atoms with Crippen LogP contribution in [0.2, 0.25) is 0 Å². The molecule has 0 saturated heterocycles. The minimum Gasteiger partial charge on any atom is -0.376 e. The molecular formula is C18H29FN2. The Balaban J connectivity index is 2.13. The standard InChI is InChI=1S/C18H29FN2/c1-17(2,3)14-7-6-11-18(13-20,12-10-14)21-16-9-5-4-8-15(16)19/h4-5,8-9,14,21H,6-7,10-13,20H2,1-3H3. The zero-order chi connectivity index (χ0) is 15.5. The molecule has 1 aromatic carbocycles. The van der Waals surface area contributed by atoms with Crippen molar-refractivity contribution in [3.05, 3.63) is 30.1 Å². The lowest BCUT2D eigenvalue weighted by Gasteiger charge is -2.35. The first-order chi connectivity index (χ1) is 9.86. The maximum Gasteiger partial charge on any atom is 0.146 e. The van der Waals surface area contributed by atoms with Gasteiger partial charge in [-0.2, -0.15) is 0 Å². The van der Waals surface area contributed by atoms with Crippen LogP contribution in [0, 0.1) is 17.2 Å². The van der Waals surface area contributed by atoms with Crippen LogP contribution in [0.25, 0.3) is 0 Å². The van der Waals surface area contributed by atoms with Crippen LogP contribution in [0.3, 0.4) is 0 Å². The highest BCUT2D eigenvalue weighted by molar-refractivity contribution is 5.47. The number of hydrogen-bond acceptors (Lipinski definition) is 2. The van der Waals surface area contributed by atoms with E-state index in [1.807, 2.05) is 6.07 Å². The number of nitrogens with two attached hydrogens (primary N) is 1. The fourth-order valence-corrected chi connectivity index (χ4v) is 3.50. The van der Waals surface area contributed by atoms with Crippen LogP contribution in [0.15, 0.2) is 24.3 Å². The van der Waals surface area contributed by atoms with Gasteiger partial charge in [0.15, 0.2) is 0 Å². The van der Waals surface area contributed by atoms with Gasteiger partial charge in [0.25, 0.3) is 0 Å². The van der Waals surface area contributed by atoms with Crippen molar-refractivity contribution in [2.75, 3.05) is 11.9 Å². The molecule has 118 valence electrons. The maximum absolute atomic E-state index is 13.9. The molecule has 1 aromatic rings. The second kappa shape index (κ2) is 6.35. The van der Waals surface area contributed by atoms with Crippen LogP contribution < -0.4 is 11.1 Å². The lowest BCUT2D eigenvalue weighted by atomic mass is 9.76. The molecule has 0 bridgehead atoms. The number of benzene rings is 1. The van der Waals surface area contributed by atoms with Crippen LogP contribution in [-0.4, -0.2) is 12.1 Å². The zero-order valence-corrected chi connectivity index (χ0v) is 13.6. The Morgan fingerprint density at radius 1 is 1.24 bits per heavy atom. The lowest BCUT2D eigenvalue weighted by molar-refractivity contribution is 0.212. The first-order valence-electron chi connectivity index (χ1n) is 8.09. The Hall–Kier alpha value is -1.09. The molecule has 0 spiro atoms. The number of para-hydroxylation sites is 1. The fourth-order valence-electron chi connectivity index (χ4n) is 3.50. The molecule has 21 heavy (non-hydrogen) atoms. The molecule has 0 aromatic heterocycles. The summed E-state index contributed by atoms with van der Waals surface area (Å²) >= 11 is 0. The van der Waals surface area contributed by atoms with Crippen molar-refractivity contribution in [2.24, 2.45) is 17.1 Å². The summed E-state index contributed by atoms with van der Waals surface area (Å²) < 4.78 is 13.9. The molecule has 2 rings (SSSR count). The van der Waals surface area contributed by atoms with Crippen LogP contribution in [0.1, 0.15) is 52.9 Å². The van der Waals surface area contributed by atoms with Gasteiger partial charge in [-0.15, -0.1) is 0 Å². The van der Waals surface area contributed by atoms with E-state index < -0.39 is 0 Å². The highest BCUT2D eigenvalue weighted by Gasteiger charge is 2.35. The van der Waals surface area contributed by atoms with Gasteiger partial charge in [-0.1, -0.05) is 39.3 Å². The second-order valence-corrected chi connectivity index (χ2v) is 7.58. The third-order valence-electron chi connectivity index (χ3n) is 5.07. The number of hydrogen-bond donors (Lipinski definition) is 2. The van der Waals surface area contributed by atoms with Crippen molar-refractivity contribution in [3.63, 3.8) is 0 Å². The average Bonchev–Trinajstić information content (AvgIpc) is 2.64. The average molecular weight is 292 g/mol. The second-order valence-electron chi connectivity index (χ2n) is 7.58. The van der Waals surface area contributed by atoms with E-state index in [4.69, 9.17) is 5.73 Å². The van der Waals surface area contributed by atoms with Crippen LogP contribution in [0.5, 0.6) is 0 Å². The molecule has 1 saturated carbocycles. The first kappa shape index (κ1) is 16.3. The highest BCUT2D eigenvalue weighted by atomic mass is 19.1. The van der Waals surface area contributed by atoms with Crippen LogP contribution in [0.4, 0.5) is 10.1 Å². The van der Waals surface area contributed by atoms with Crippen molar-refractivity contribution in [3.8, 4) is 0 Å².